The molecule has 0 aliphatic heterocycles. The number of carbonyl (C=O) groups is 1. The topological polar surface area (TPSA) is 20.3 Å². The van der Waals surface area contributed by atoms with E-state index in [1.165, 1.54) is 12.1 Å². The van der Waals surface area contributed by atoms with Crippen LogP contribution in [0, 0.1) is 5.82 Å². The maximum absolute atomic E-state index is 13.8. The van der Waals surface area contributed by atoms with Crippen LogP contribution in [0.4, 0.5) is 4.39 Å². The molecule has 1 aliphatic rings. The van der Waals surface area contributed by atoms with Gasteiger partial charge in [0.15, 0.2) is 0 Å². The number of nitrogens with zero attached hydrogens (tertiary/aromatic N) is 1. The van der Waals surface area contributed by atoms with Gasteiger partial charge in [-0.2, -0.15) is 0 Å². The summed E-state index contributed by atoms with van der Waals surface area (Å²) < 4.78 is 14.5. The Morgan fingerprint density at radius 2 is 2.11 bits per heavy atom. The molecule has 2 nitrogen and oxygen atoms in total. The van der Waals surface area contributed by atoms with Crippen LogP contribution < -0.4 is 0 Å². The van der Waals surface area contributed by atoms with Crippen LogP contribution in [0.25, 0.3) is 0 Å². The molecule has 19 heavy (non-hydrogen) atoms. The van der Waals surface area contributed by atoms with Gasteiger partial charge in [-0.25, -0.2) is 4.39 Å². The van der Waals surface area contributed by atoms with Crippen molar-refractivity contribution in [2.45, 2.75) is 31.7 Å². The van der Waals surface area contributed by atoms with E-state index < -0.39 is 5.82 Å². The summed E-state index contributed by atoms with van der Waals surface area (Å²) in [5, 5.41) is 0. The molecule has 0 heterocycles. The average Bonchev–Trinajstić information content (AvgIpc) is 2.92. The first-order valence-corrected chi connectivity index (χ1v) is 7.78. The number of benzene rings is 1. The van der Waals surface area contributed by atoms with Gasteiger partial charge in [0, 0.05) is 22.9 Å². The van der Waals surface area contributed by atoms with Crippen molar-refractivity contribution in [3.05, 3.63) is 34.1 Å². The molecule has 1 saturated carbocycles. The van der Waals surface area contributed by atoms with E-state index in [1.807, 2.05) is 0 Å². The van der Waals surface area contributed by atoms with Crippen LogP contribution in [-0.4, -0.2) is 29.3 Å². The highest BCUT2D eigenvalue weighted by Gasteiger charge is 2.28. The molecule has 2 rings (SSSR count). The Balaban J connectivity index is 2.25. The zero-order valence-electron chi connectivity index (χ0n) is 10.5. The molecule has 0 spiro atoms. The lowest BCUT2D eigenvalue weighted by molar-refractivity contribution is 0.0690. The van der Waals surface area contributed by atoms with Gasteiger partial charge >= 0.3 is 0 Å². The summed E-state index contributed by atoms with van der Waals surface area (Å²) in [6, 6.07) is 4.64. The second-order valence-corrected chi connectivity index (χ2v) is 6.04. The third kappa shape index (κ3) is 3.48. The fourth-order valence-electron chi connectivity index (χ4n) is 2.57. The average molecular weight is 349 g/mol. The molecule has 104 valence electrons. The molecule has 0 aromatic heterocycles. The molecule has 0 saturated heterocycles. The number of carbonyl (C=O) groups excluding carboxylic acids is 1. The number of hydrogen-bond donors (Lipinski definition) is 0. The molecule has 0 N–H and O–H groups in total. The third-order valence-electron chi connectivity index (χ3n) is 3.51. The molecule has 1 fully saturated rings. The molecule has 0 bridgehead atoms. The van der Waals surface area contributed by atoms with Crippen molar-refractivity contribution in [3.63, 3.8) is 0 Å². The highest BCUT2D eigenvalue weighted by molar-refractivity contribution is 9.10. The van der Waals surface area contributed by atoms with E-state index in [2.05, 4.69) is 15.9 Å². The number of rotatable bonds is 4. The lowest BCUT2D eigenvalue weighted by Crippen LogP contribution is -2.40. The Labute approximate surface area is 126 Å². The van der Waals surface area contributed by atoms with Crippen molar-refractivity contribution in [1.29, 1.82) is 0 Å². The van der Waals surface area contributed by atoms with Crippen LogP contribution in [0.3, 0.4) is 0 Å². The summed E-state index contributed by atoms with van der Waals surface area (Å²) in [7, 11) is 0. The molecule has 0 radical (unpaired) electrons. The SMILES string of the molecule is O=C(c1cc(Br)ccc1F)N(CCCl)C1CCCC1. The van der Waals surface area contributed by atoms with Gasteiger partial charge in [-0.3, -0.25) is 4.79 Å². The van der Waals surface area contributed by atoms with Crippen molar-refractivity contribution >= 4 is 33.4 Å². The lowest BCUT2D eigenvalue weighted by atomic mass is 10.1. The molecule has 0 unspecified atom stereocenters. The predicted molar refractivity (Wildman–Crippen MR) is 78.1 cm³/mol. The Kier molecular flexibility index (Phi) is 5.22. The van der Waals surface area contributed by atoms with Crippen molar-refractivity contribution in [2.24, 2.45) is 0 Å². The zero-order chi connectivity index (χ0) is 13.8. The molecule has 1 aliphatic carbocycles. The Bertz CT molecular complexity index is 463. The number of hydrogen-bond acceptors (Lipinski definition) is 1. The van der Waals surface area contributed by atoms with Crippen molar-refractivity contribution in [2.75, 3.05) is 12.4 Å². The van der Waals surface area contributed by atoms with Gasteiger partial charge in [0.2, 0.25) is 0 Å². The first-order valence-electron chi connectivity index (χ1n) is 6.45. The van der Waals surface area contributed by atoms with Crippen molar-refractivity contribution < 1.29 is 9.18 Å². The number of amides is 1. The van der Waals surface area contributed by atoms with E-state index in [4.69, 9.17) is 11.6 Å². The summed E-state index contributed by atoms with van der Waals surface area (Å²) >= 11 is 9.05. The van der Waals surface area contributed by atoms with Gasteiger partial charge in [0.25, 0.3) is 5.91 Å². The molecule has 1 aromatic rings. The molecule has 1 aromatic carbocycles. The summed E-state index contributed by atoms with van der Waals surface area (Å²) in [5.41, 5.74) is 0.117. The smallest absolute Gasteiger partial charge is 0.257 e. The largest absolute Gasteiger partial charge is 0.334 e. The van der Waals surface area contributed by atoms with Gasteiger partial charge in [0.1, 0.15) is 5.82 Å². The summed E-state index contributed by atoms with van der Waals surface area (Å²) in [5.74, 6) is -0.366. The van der Waals surface area contributed by atoms with E-state index in [0.717, 1.165) is 25.7 Å². The van der Waals surface area contributed by atoms with Gasteiger partial charge in [-0.1, -0.05) is 28.8 Å². The van der Waals surface area contributed by atoms with E-state index in [1.54, 1.807) is 11.0 Å². The van der Waals surface area contributed by atoms with Gasteiger partial charge in [-0.05, 0) is 31.0 Å². The van der Waals surface area contributed by atoms with Crippen LogP contribution in [0.15, 0.2) is 22.7 Å². The zero-order valence-corrected chi connectivity index (χ0v) is 12.9. The fraction of sp³-hybridized carbons (Fsp3) is 0.500. The quantitative estimate of drug-likeness (QED) is 0.746. The number of halogens is 3. The second-order valence-electron chi connectivity index (χ2n) is 4.75. The molecule has 0 atom stereocenters. The minimum atomic E-state index is -0.481. The van der Waals surface area contributed by atoms with Crippen LogP contribution in [0.1, 0.15) is 36.0 Å². The number of alkyl halides is 1. The van der Waals surface area contributed by atoms with Gasteiger partial charge < -0.3 is 4.90 Å². The first-order chi connectivity index (χ1) is 9.13. The summed E-state index contributed by atoms with van der Waals surface area (Å²) in [4.78, 5) is 14.2. The van der Waals surface area contributed by atoms with Crippen LogP contribution >= 0.6 is 27.5 Å². The van der Waals surface area contributed by atoms with E-state index in [0.29, 0.717) is 16.9 Å². The Morgan fingerprint density at radius 3 is 2.74 bits per heavy atom. The fourth-order valence-corrected chi connectivity index (χ4v) is 3.12. The minimum Gasteiger partial charge on any atom is -0.334 e. The van der Waals surface area contributed by atoms with E-state index in [9.17, 15) is 9.18 Å². The predicted octanol–water partition coefficient (Wildman–Crippen LogP) is 4.21. The van der Waals surface area contributed by atoms with Crippen molar-refractivity contribution in [1.82, 2.24) is 4.90 Å². The van der Waals surface area contributed by atoms with Crippen LogP contribution in [0.2, 0.25) is 0 Å². The van der Waals surface area contributed by atoms with E-state index in [-0.39, 0.29) is 17.5 Å². The third-order valence-corrected chi connectivity index (χ3v) is 4.17. The summed E-state index contributed by atoms with van der Waals surface area (Å²) in [6.45, 7) is 0.469. The van der Waals surface area contributed by atoms with Crippen LogP contribution in [-0.2, 0) is 0 Å². The van der Waals surface area contributed by atoms with Gasteiger partial charge in [0.05, 0.1) is 5.56 Å². The van der Waals surface area contributed by atoms with Crippen molar-refractivity contribution in [3.8, 4) is 0 Å². The molecular weight excluding hydrogens is 333 g/mol. The lowest BCUT2D eigenvalue weighted by Gasteiger charge is -2.28. The minimum absolute atomic E-state index is 0.117. The van der Waals surface area contributed by atoms with E-state index >= 15 is 0 Å². The standard InChI is InChI=1S/C14H16BrClFNO/c15-10-5-6-13(17)12(9-10)14(19)18(8-7-16)11-3-1-2-4-11/h5-6,9,11H,1-4,7-8H2. The Morgan fingerprint density at radius 1 is 1.42 bits per heavy atom. The second kappa shape index (κ2) is 6.71. The van der Waals surface area contributed by atoms with Crippen LogP contribution in [0.5, 0.6) is 0 Å². The molecular formula is C14H16BrClFNO. The Hall–Kier alpha value is -0.610. The first kappa shape index (κ1) is 14.8. The molecule has 5 heteroatoms. The summed E-state index contributed by atoms with van der Waals surface area (Å²) in [6.07, 6.45) is 4.21. The monoisotopic (exact) mass is 347 g/mol. The normalized spacial score (nSPS) is 15.7. The molecule has 1 amide bonds. The maximum Gasteiger partial charge on any atom is 0.257 e. The highest BCUT2D eigenvalue weighted by atomic mass is 79.9. The van der Waals surface area contributed by atoms with Gasteiger partial charge in [-0.15, -0.1) is 11.6 Å². The maximum atomic E-state index is 13.8. The highest BCUT2D eigenvalue weighted by Crippen LogP contribution is 2.26.